The number of carbonyl (C=O) groups excluding carboxylic acids is 2. The first-order valence-electron chi connectivity index (χ1n) is 8.42. The molecule has 2 aromatic rings. The van der Waals surface area contributed by atoms with Crippen molar-refractivity contribution in [2.24, 2.45) is 0 Å². The van der Waals surface area contributed by atoms with Gasteiger partial charge in [-0.25, -0.2) is 13.9 Å². The smallest absolute Gasteiger partial charge is 0.325 e. The van der Waals surface area contributed by atoms with Gasteiger partial charge in [0.05, 0.1) is 19.3 Å². The molecule has 136 valence electrons. The van der Waals surface area contributed by atoms with Gasteiger partial charge in [-0.15, -0.1) is 5.10 Å². The van der Waals surface area contributed by atoms with Crippen LogP contribution in [-0.2, 0) is 22.6 Å². The first kappa shape index (κ1) is 16.6. The van der Waals surface area contributed by atoms with Crippen molar-refractivity contribution in [2.45, 2.75) is 31.5 Å². The highest BCUT2D eigenvalue weighted by Crippen LogP contribution is 2.29. The molecule has 26 heavy (non-hydrogen) atoms. The Hall–Kier alpha value is -2.81. The Morgan fingerprint density at radius 3 is 2.73 bits per heavy atom. The number of imide groups is 1. The van der Waals surface area contributed by atoms with E-state index in [1.807, 2.05) is 0 Å². The zero-order valence-electron chi connectivity index (χ0n) is 14.0. The van der Waals surface area contributed by atoms with Gasteiger partial charge in [0.1, 0.15) is 17.1 Å². The van der Waals surface area contributed by atoms with Crippen molar-refractivity contribution in [3.63, 3.8) is 0 Å². The number of hydrogen-bond donors (Lipinski definition) is 1. The molecule has 9 heteroatoms. The Morgan fingerprint density at radius 1 is 1.19 bits per heavy atom. The average Bonchev–Trinajstić information content (AvgIpc) is 3.16. The van der Waals surface area contributed by atoms with Crippen LogP contribution in [-0.4, -0.2) is 50.6 Å². The quantitative estimate of drug-likeness (QED) is 0.825. The predicted molar refractivity (Wildman–Crippen MR) is 87.4 cm³/mol. The van der Waals surface area contributed by atoms with Gasteiger partial charge in [-0.3, -0.25) is 9.69 Å². The van der Waals surface area contributed by atoms with E-state index < -0.39 is 11.6 Å². The summed E-state index contributed by atoms with van der Waals surface area (Å²) in [6, 6.07) is 5.99. The van der Waals surface area contributed by atoms with Crippen molar-refractivity contribution in [2.75, 3.05) is 13.2 Å². The maximum absolute atomic E-state index is 13.7. The van der Waals surface area contributed by atoms with Gasteiger partial charge in [-0.2, -0.15) is 0 Å². The third kappa shape index (κ3) is 2.94. The van der Waals surface area contributed by atoms with Gasteiger partial charge in [-0.1, -0.05) is 23.4 Å². The maximum Gasteiger partial charge on any atom is 0.325 e. The number of nitrogens with zero attached hydrogens (tertiary/aromatic N) is 4. The zero-order chi connectivity index (χ0) is 18.1. The van der Waals surface area contributed by atoms with Gasteiger partial charge in [0, 0.05) is 31.6 Å². The lowest BCUT2D eigenvalue weighted by molar-refractivity contribution is -0.135. The molecular formula is C17H18FN5O3. The van der Waals surface area contributed by atoms with Crippen LogP contribution in [0.4, 0.5) is 9.18 Å². The minimum atomic E-state index is -0.863. The SMILES string of the molecule is O=C1NC2(CCOCC2)C(=O)N1Cc1cn(Cc2ccccc2F)nn1. The first-order chi connectivity index (χ1) is 12.6. The molecule has 0 aliphatic carbocycles. The van der Waals surface area contributed by atoms with Crippen LogP contribution < -0.4 is 5.32 Å². The molecule has 0 bridgehead atoms. The summed E-state index contributed by atoms with van der Waals surface area (Å²) in [5, 5.41) is 10.8. The summed E-state index contributed by atoms with van der Waals surface area (Å²) in [5.74, 6) is -0.574. The number of aromatic nitrogens is 3. The Kier molecular flexibility index (Phi) is 4.15. The zero-order valence-corrected chi connectivity index (χ0v) is 14.0. The van der Waals surface area contributed by atoms with Crippen LogP contribution in [0.2, 0.25) is 0 Å². The molecule has 1 spiro atoms. The van der Waals surface area contributed by atoms with E-state index in [1.165, 1.54) is 10.7 Å². The first-order valence-corrected chi connectivity index (χ1v) is 8.42. The van der Waals surface area contributed by atoms with E-state index in [4.69, 9.17) is 4.74 Å². The third-order valence-electron chi connectivity index (χ3n) is 4.79. The Balaban J connectivity index is 1.46. The standard InChI is InChI=1S/C17H18FN5O3/c18-14-4-2-1-3-12(14)9-22-10-13(20-21-22)11-23-15(24)17(19-16(23)25)5-7-26-8-6-17/h1-4,10H,5-9,11H2,(H,19,25). The summed E-state index contributed by atoms with van der Waals surface area (Å²) in [7, 11) is 0. The minimum absolute atomic E-state index is 0.0323. The lowest BCUT2D eigenvalue weighted by Crippen LogP contribution is -2.51. The number of carbonyl (C=O) groups is 2. The van der Waals surface area contributed by atoms with Crippen LogP contribution >= 0.6 is 0 Å². The van der Waals surface area contributed by atoms with Gasteiger partial charge < -0.3 is 10.1 Å². The normalized spacial score (nSPS) is 19.2. The monoisotopic (exact) mass is 359 g/mol. The van der Waals surface area contributed by atoms with E-state index in [0.29, 0.717) is 37.3 Å². The molecule has 2 saturated heterocycles. The van der Waals surface area contributed by atoms with Crippen molar-refractivity contribution in [1.82, 2.24) is 25.2 Å². The molecular weight excluding hydrogens is 341 g/mol. The number of amides is 3. The summed E-state index contributed by atoms with van der Waals surface area (Å²) >= 11 is 0. The van der Waals surface area contributed by atoms with Crippen molar-refractivity contribution in [1.29, 1.82) is 0 Å². The van der Waals surface area contributed by atoms with Crippen molar-refractivity contribution >= 4 is 11.9 Å². The molecule has 0 atom stereocenters. The number of hydrogen-bond acceptors (Lipinski definition) is 5. The van der Waals surface area contributed by atoms with Crippen LogP contribution in [0.3, 0.4) is 0 Å². The number of urea groups is 1. The van der Waals surface area contributed by atoms with E-state index in [-0.39, 0.29) is 24.8 Å². The lowest BCUT2D eigenvalue weighted by atomic mass is 9.90. The second-order valence-corrected chi connectivity index (χ2v) is 6.51. The number of nitrogens with one attached hydrogen (secondary N) is 1. The fraction of sp³-hybridized carbons (Fsp3) is 0.412. The number of ether oxygens (including phenoxy) is 1. The fourth-order valence-corrected chi connectivity index (χ4v) is 3.33. The molecule has 2 aliphatic heterocycles. The van der Waals surface area contributed by atoms with Gasteiger partial charge in [0.2, 0.25) is 0 Å². The molecule has 4 rings (SSSR count). The largest absolute Gasteiger partial charge is 0.381 e. The number of benzene rings is 1. The molecule has 3 amide bonds. The molecule has 3 heterocycles. The Bertz CT molecular complexity index is 846. The van der Waals surface area contributed by atoms with Gasteiger partial charge >= 0.3 is 6.03 Å². The highest BCUT2D eigenvalue weighted by Gasteiger charge is 2.51. The molecule has 0 saturated carbocycles. The molecule has 1 aromatic carbocycles. The van der Waals surface area contributed by atoms with Crippen molar-refractivity contribution in [3.8, 4) is 0 Å². The highest BCUT2D eigenvalue weighted by atomic mass is 19.1. The van der Waals surface area contributed by atoms with E-state index in [0.717, 1.165) is 4.90 Å². The van der Waals surface area contributed by atoms with Gasteiger partial charge in [0.15, 0.2) is 0 Å². The summed E-state index contributed by atoms with van der Waals surface area (Å²) < 4.78 is 20.5. The van der Waals surface area contributed by atoms with Crippen LogP contribution in [0.15, 0.2) is 30.5 Å². The van der Waals surface area contributed by atoms with Crippen LogP contribution in [0.25, 0.3) is 0 Å². The summed E-state index contributed by atoms with van der Waals surface area (Å²) in [6.07, 6.45) is 2.55. The molecule has 0 unspecified atom stereocenters. The summed E-state index contributed by atoms with van der Waals surface area (Å²) in [5.41, 5.74) is 0.0902. The lowest BCUT2D eigenvalue weighted by Gasteiger charge is -2.30. The fourth-order valence-electron chi connectivity index (χ4n) is 3.33. The van der Waals surface area contributed by atoms with E-state index >= 15 is 0 Å². The maximum atomic E-state index is 13.7. The number of rotatable bonds is 4. The Labute approximate surface area is 148 Å². The van der Waals surface area contributed by atoms with Gasteiger partial charge in [0.25, 0.3) is 5.91 Å². The second kappa shape index (κ2) is 6.49. The minimum Gasteiger partial charge on any atom is -0.381 e. The second-order valence-electron chi connectivity index (χ2n) is 6.51. The van der Waals surface area contributed by atoms with E-state index in [1.54, 1.807) is 24.4 Å². The average molecular weight is 359 g/mol. The molecule has 1 N–H and O–H groups in total. The predicted octanol–water partition coefficient (Wildman–Crippen LogP) is 1.07. The summed E-state index contributed by atoms with van der Waals surface area (Å²) in [6.45, 7) is 1.14. The van der Waals surface area contributed by atoms with Crippen LogP contribution in [0, 0.1) is 5.82 Å². The van der Waals surface area contributed by atoms with Crippen molar-refractivity contribution in [3.05, 3.63) is 47.5 Å². The van der Waals surface area contributed by atoms with Crippen LogP contribution in [0.5, 0.6) is 0 Å². The molecule has 8 nitrogen and oxygen atoms in total. The summed E-state index contributed by atoms with van der Waals surface area (Å²) in [4.78, 5) is 26.1. The molecule has 0 radical (unpaired) electrons. The van der Waals surface area contributed by atoms with Crippen LogP contribution in [0.1, 0.15) is 24.1 Å². The van der Waals surface area contributed by atoms with Gasteiger partial charge in [-0.05, 0) is 6.07 Å². The highest BCUT2D eigenvalue weighted by molar-refractivity contribution is 6.07. The molecule has 2 aliphatic rings. The molecule has 2 fully saturated rings. The topological polar surface area (TPSA) is 89.4 Å². The van der Waals surface area contributed by atoms with Crippen molar-refractivity contribution < 1.29 is 18.7 Å². The Morgan fingerprint density at radius 2 is 1.96 bits per heavy atom. The number of halogens is 1. The molecule has 1 aromatic heterocycles. The third-order valence-corrected chi connectivity index (χ3v) is 4.79. The van der Waals surface area contributed by atoms with E-state index in [9.17, 15) is 14.0 Å². The van der Waals surface area contributed by atoms with E-state index in [2.05, 4.69) is 15.6 Å².